The quantitative estimate of drug-likeness (QED) is 0.453. The molecule has 2 heterocycles. The van der Waals surface area contributed by atoms with E-state index in [-0.39, 0.29) is 11.6 Å². The predicted octanol–water partition coefficient (Wildman–Crippen LogP) is 2.51. The number of nitrogens with zero attached hydrogens (tertiary/aromatic N) is 3. The smallest absolute Gasteiger partial charge is 0.269 e. The highest BCUT2D eigenvalue weighted by molar-refractivity contribution is 6.06. The van der Waals surface area contributed by atoms with Crippen LogP contribution in [0.1, 0.15) is 33.6 Å². The molecule has 2 fully saturated rings. The summed E-state index contributed by atoms with van der Waals surface area (Å²) in [5, 5.41) is 16.6. The average molecular weight is 468 g/mol. The monoisotopic (exact) mass is 467 g/mol. The Hall–Kier alpha value is -3.50. The van der Waals surface area contributed by atoms with E-state index in [0.717, 1.165) is 51.3 Å². The highest BCUT2D eigenvalue weighted by Crippen LogP contribution is 2.28. The first-order valence-corrected chi connectivity index (χ1v) is 11.5. The van der Waals surface area contributed by atoms with Gasteiger partial charge in [0.05, 0.1) is 23.7 Å². The summed E-state index contributed by atoms with van der Waals surface area (Å²) >= 11 is 0. The summed E-state index contributed by atoms with van der Waals surface area (Å²) < 4.78 is 5.36. The zero-order chi connectivity index (χ0) is 23.9. The van der Waals surface area contributed by atoms with Gasteiger partial charge in [0, 0.05) is 68.3 Å². The largest absolute Gasteiger partial charge is 0.379 e. The minimum atomic E-state index is -0.511. The number of hydrogen-bond acceptors (Lipinski definition) is 7. The number of nitro benzene ring substituents is 1. The third-order valence-corrected chi connectivity index (χ3v) is 6.10. The van der Waals surface area contributed by atoms with E-state index in [4.69, 9.17) is 4.74 Å². The van der Waals surface area contributed by atoms with Gasteiger partial charge in [0.2, 0.25) is 0 Å². The van der Waals surface area contributed by atoms with Crippen LogP contribution in [0.5, 0.6) is 0 Å². The summed E-state index contributed by atoms with van der Waals surface area (Å²) in [6, 6.07) is 10.7. The third-order valence-electron chi connectivity index (χ3n) is 6.10. The molecule has 0 unspecified atom stereocenters. The molecular weight excluding hydrogens is 438 g/mol. The van der Waals surface area contributed by atoms with E-state index in [1.54, 1.807) is 12.1 Å². The number of nitro groups is 1. The fourth-order valence-electron chi connectivity index (χ4n) is 4.21. The zero-order valence-corrected chi connectivity index (χ0v) is 19.0. The Morgan fingerprint density at radius 1 is 0.971 bits per heavy atom. The second kappa shape index (κ2) is 11.1. The van der Waals surface area contributed by atoms with Gasteiger partial charge >= 0.3 is 0 Å². The first-order valence-electron chi connectivity index (χ1n) is 11.5. The van der Waals surface area contributed by atoms with Crippen LogP contribution in [0, 0.1) is 10.1 Å². The fourth-order valence-corrected chi connectivity index (χ4v) is 4.21. The molecule has 4 rings (SSSR count). The normalized spacial score (nSPS) is 16.3. The first kappa shape index (κ1) is 23.7. The van der Waals surface area contributed by atoms with Gasteiger partial charge in [-0.25, -0.2) is 0 Å². The topological polar surface area (TPSA) is 117 Å². The minimum Gasteiger partial charge on any atom is -0.379 e. The van der Waals surface area contributed by atoms with E-state index >= 15 is 0 Å². The van der Waals surface area contributed by atoms with Gasteiger partial charge in [-0.15, -0.1) is 0 Å². The summed E-state index contributed by atoms with van der Waals surface area (Å²) in [4.78, 5) is 40.5. The Morgan fingerprint density at radius 2 is 1.68 bits per heavy atom. The average Bonchev–Trinajstić information content (AvgIpc) is 3.39. The Morgan fingerprint density at radius 3 is 2.35 bits per heavy atom. The summed E-state index contributed by atoms with van der Waals surface area (Å²) in [5.74, 6) is -0.580. The van der Waals surface area contributed by atoms with Crippen molar-refractivity contribution in [3.05, 3.63) is 63.7 Å². The molecule has 0 saturated carbocycles. The molecule has 10 nitrogen and oxygen atoms in total. The zero-order valence-electron chi connectivity index (χ0n) is 19.0. The maximum atomic E-state index is 13.1. The second-order valence-corrected chi connectivity index (χ2v) is 8.39. The van der Waals surface area contributed by atoms with Crippen LogP contribution in [0.4, 0.5) is 17.1 Å². The predicted molar refractivity (Wildman–Crippen MR) is 129 cm³/mol. The van der Waals surface area contributed by atoms with Gasteiger partial charge in [-0.2, -0.15) is 0 Å². The molecule has 180 valence electrons. The van der Waals surface area contributed by atoms with Crippen LogP contribution in [-0.4, -0.2) is 74.1 Å². The number of benzene rings is 2. The Bertz CT molecular complexity index is 1030. The van der Waals surface area contributed by atoms with Crippen molar-refractivity contribution in [1.29, 1.82) is 0 Å². The Labute approximate surface area is 198 Å². The molecule has 0 atom stereocenters. The maximum absolute atomic E-state index is 13.1. The highest BCUT2D eigenvalue weighted by atomic mass is 16.6. The van der Waals surface area contributed by atoms with Crippen molar-refractivity contribution in [2.24, 2.45) is 0 Å². The molecule has 2 aromatic rings. The maximum Gasteiger partial charge on any atom is 0.269 e. The summed E-state index contributed by atoms with van der Waals surface area (Å²) in [7, 11) is 0. The lowest BCUT2D eigenvalue weighted by Gasteiger charge is -2.26. The number of amides is 2. The van der Waals surface area contributed by atoms with Crippen molar-refractivity contribution in [3.63, 3.8) is 0 Å². The standard InChI is InChI=1S/C24H29N5O5/c30-23(18-3-6-20(7-4-18)29(32)33)26-19-5-8-22(28-10-1-2-11-28)21(17-19)24(31)25-9-12-27-13-15-34-16-14-27/h3-8,17H,1-2,9-16H2,(H,25,31)(H,26,30). The Balaban J connectivity index is 1.46. The SMILES string of the molecule is O=C(Nc1ccc(N2CCCC2)c(C(=O)NCCN2CCOCC2)c1)c1ccc([N+](=O)[O-])cc1. The van der Waals surface area contributed by atoms with Crippen LogP contribution in [0.15, 0.2) is 42.5 Å². The van der Waals surface area contributed by atoms with Crippen molar-refractivity contribution < 1.29 is 19.2 Å². The molecule has 2 saturated heterocycles. The van der Waals surface area contributed by atoms with Crippen LogP contribution in [0.2, 0.25) is 0 Å². The summed E-state index contributed by atoms with van der Waals surface area (Å²) in [6.45, 7) is 6.21. The van der Waals surface area contributed by atoms with Crippen molar-refractivity contribution in [3.8, 4) is 0 Å². The van der Waals surface area contributed by atoms with Crippen LogP contribution < -0.4 is 15.5 Å². The van der Waals surface area contributed by atoms with Gasteiger partial charge in [-0.05, 0) is 43.2 Å². The van der Waals surface area contributed by atoms with Crippen LogP contribution >= 0.6 is 0 Å². The second-order valence-electron chi connectivity index (χ2n) is 8.39. The lowest BCUT2D eigenvalue weighted by atomic mass is 10.1. The number of carbonyl (C=O) groups excluding carboxylic acids is 2. The van der Waals surface area contributed by atoms with Crippen molar-refractivity contribution in [2.75, 3.05) is 62.7 Å². The molecule has 0 bridgehead atoms. The lowest BCUT2D eigenvalue weighted by Crippen LogP contribution is -2.41. The number of morpholine rings is 1. The van der Waals surface area contributed by atoms with E-state index in [9.17, 15) is 19.7 Å². The van der Waals surface area contributed by atoms with Crippen LogP contribution in [0.25, 0.3) is 0 Å². The van der Waals surface area contributed by atoms with Crippen molar-refractivity contribution >= 4 is 28.9 Å². The van der Waals surface area contributed by atoms with Gasteiger partial charge in [-0.1, -0.05) is 0 Å². The van der Waals surface area contributed by atoms with Crippen LogP contribution in [0.3, 0.4) is 0 Å². The molecule has 0 aromatic heterocycles. The highest BCUT2D eigenvalue weighted by Gasteiger charge is 2.21. The number of ether oxygens (including phenoxy) is 1. The van der Waals surface area contributed by atoms with Crippen LogP contribution in [-0.2, 0) is 4.74 Å². The molecule has 2 aliphatic rings. The molecule has 2 amide bonds. The van der Waals surface area contributed by atoms with Gasteiger partial charge in [0.1, 0.15) is 0 Å². The molecule has 2 N–H and O–H groups in total. The summed E-state index contributed by atoms with van der Waals surface area (Å²) in [6.07, 6.45) is 2.16. The minimum absolute atomic E-state index is 0.0810. The molecule has 0 radical (unpaired) electrons. The fraction of sp³-hybridized carbons (Fsp3) is 0.417. The molecule has 34 heavy (non-hydrogen) atoms. The number of anilines is 2. The third kappa shape index (κ3) is 5.89. The van der Waals surface area contributed by atoms with E-state index in [2.05, 4.69) is 20.4 Å². The molecular formula is C24H29N5O5. The van der Waals surface area contributed by atoms with Gasteiger partial charge < -0.3 is 20.3 Å². The van der Waals surface area contributed by atoms with Crippen molar-refractivity contribution in [1.82, 2.24) is 10.2 Å². The van der Waals surface area contributed by atoms with E-state index in [1.807, 2.05) is 6.07 Å². The number of non-ortho nitro benzene ring substituents is 1. The molecule has 2 aromatic carbocycles. The Kier molecular flexibility index (Phi) is 7.71. The number of hydrogen-bond donors (Lipinski definition) is 2. The number of rotatable bonds is 8. The van der Waals surface area contributed by atoms with Gasteiger partial charge in [-0.3, -0.25) is 24.6 Å². The van der Waals surface area contributed by atoms with Gasteiger partial charge in [0.25, 0.3) is 17.5 Å². The van der Waals surface area contributed by atoms with E-state index in [1.165, 1.54) is 24.3 Å². The molecule has 0 aliphatic carbocycles. The first-order chi connectivity index (χ1) is 16.5. The molecule has 10 heteroatoms. The number of carbonyl (C=O) groups is 2. The number of nitrogens with one attached hydrogen (secondary N) is 2. The van der Waals surface area contributed by atoms with Crippen molar-refractivity contribution in [2.45, 2.75) is 12.8 Å². The van der Waals surface area contributed by atoms with Gasteiger partial charge in [0.15, 0.2) is 0 Å². The van der Waals surface area contributed by atoms with E-state index in [0.29, 0.717) is 36.6 Å². The molecule has 2 aliphatic heterocycles. The van der Waals surface area contributed by atoms with E-state index < -0.39 is 10.8 Å². The lowest BCUT2D eigenvalue weighted by molar-refractivity contribution is -0.384. The summed E-state index contributed by atoms with van der Waals surface area (Å²) in [5.41, 5.74) is 2.08. The molecule has 0 spiro atoms.